The van der Waals surface area contributed by atoms with Gasteiger partial charge in [0, 0.05) is 20.2 Å². The van der Waals surface area contributed by atoms with E-state index in [-0.39, 0.29) is 35.9 Å². The lowest BCUT2D eigenvalue weighted by atomic mass is 10.1. The van der Waals surface area contributed by atoms with Crippen LogP contribution in [0.2, 0.25) is 0 Å². The van der Waals surface area contributed by atoms with Gasteiger partial charge in [0.15, 0.2) is 11.5 Å². The normalized spacial score (nSPS) is 10.8. The van der Waals surface area contributed by atoms with Crippen molar-refractivity contribution in [3.05, 3.63) is 57.1 Å². The van der Waals surface area contributed by atoms with E-state index >= 15 is 0 Å². The Bertz CT molecular complexity index is 1030. The predicted molar refractivity (Wildman–Crippen MR) is 112 cm³/mol. The predicted octanol–water partition coefficient (Wildman–Crippen LogP) is 3.51. The number of nitro groups is 1. The monoisotopic (exact) mass is 431 g/mol. The summed E-state index contributed by atoms with van der Waals surface area (Å²) >= 11 is 1.47. The van der Waals surface area contributed by atoms with Crippen LogP contribution in [0.15, 0.2) is 36.4 Å². The van der Waals surface area contributed by atoms with Crippen molar-refractivity contribution in [2.24, 2.45) is 0 Å². The molecule has 0 N–H and O–H groups in total. The summed E-state index contributed by atoms with van der Waals surface area (Å²) in [7, 11) is 4.50. The van der Waals surface area contributed by atoms with Crippen LogP contribution in [0.25, 0.3) is 10.2 Å². The molecule has 0 aliphatic carbocycles. The van der Waals surface area contributed by atoms with Crippen molar-refractivity contribution in [3.63, 3.8) is 0 Å². The molecule has 0 bridgehead atoms. The Morgan fingerprint density at radius 2 is 1.97 bits per heavy atom. The number of hydrogen-bond donors (Lipinski definition) is 0. The minimum atomic E-state index is -0.610. The first-order chi connectivity index (χ1) is 14.4. The third kappa shape index (κ3) is 4.66. The molecule has 0 fully saturated rings. The van der Waals surface area contributed by atoms with E-state index in [1.807, 2.05) is 24.3 Å². The molecule has 2 aromatic carbocycles. The standard InChI is InChI=1S/C20H21N3O6S/c1-22(12-19-21-14-6-4-5-7-18(14)30-19)20(24)13-10-16(28-3)17(29-9-8-27-2)11-15(13)23(25)26/h4-7,10-11H,8-9,12H2,1-3H3. The van der Waals surface area contributed by atoms with E-state index in [4.69, 9.17) is 14.2 Å². The quantitative estimate of drug-likeness (QED) is 0.290. The van der Waals surface area contributed by atoms with Gasteiger partial charge in [0.25, 0.3) is 11.6 Å². The number of para-hydroxylation sites is 1. The summed E-state index contributed by atoms with van der Waals surface area (Å²) in [5.74, 6) is -0.109. The van der Waals surface area contributed by atoms with Crippen LogP contribution in [0.1, 0.15) is 15.4 Å². The Morgan fingerprint density at radius 1 is 1.20 bits per heavy atom. The summed E-state index contributed by atoms with van der Waals surface area (Å²) in [6.45, 7) is 0.723. The van der Waals surface area contributed by atoms with Crippen molar-refractivity contribution in [2.45, 2.75) is 6.54 Å². The lowest BCUT2D eigenvalue weighted by molar-refractivity contribution is -0.385. The van der Waals surface area contributed by atoms with Crippen LogP contribution in [0, 0.1) is 10.1 Å². The van der Waals surface area contributed by atoms with Gasteiger partial charge in [-0.2, -0.15) is 0 Å². The SMILES string of the molecule is COCCOc1cc([N+](=O)[O-])c(C(=O)N(C)Cc2nc3ccccc3s2)cc1OC. The van der Waals surface area contributed by atoms with Gasteiger partial charge >= 0.3 is 0 Å². The summed E-state index contributed by atoms with van der Waals surface area (Å²) in [4.78, 5) is 29.9. The summed E-state index contributed by atoms with van der Waals surface area (Å²) in [6.07, 6.45) is 0. The van der Waals surface area contributed by atoms with E-state index in [1.165, 1.54) is 42.6 Å². The third-order valence-electron chi connectivity index (χ3n) is 4.31. The van der Waals surface area contributed by atoms with Crippen molar-refractivity contribution in [3.8, 4) is 11.5 Å². The van der Waals surface area contributed by atoms with Gasteiger partial charge in [0.1, 0.15) is 17.2 Å². The van der Waals surface area contributed by atoms with Crippen molar-refractivity contribution >= 4 is 33.1 Å². The number of thiazole rings is 1. The van der Waals surface area contributed by atoms with Gasteiger partial charge in [0.2, 0.25) is 0 Å². The summed E-state index contributed by atoms with van der Waals surface area (Å²) in [5, 5.41) is 12.3. The Morgan fingerprint density at radius 3 is 2.63 bits per heavy atom. The second-order valence-electron chi connectivity index (χ2n) is 6.36. The number of nitrogens with zero attached hydrogens (tertiary/aromatic N) is 3. The van der Waals surface area contributed by atoms with Crippen LogP contribution in [0.3, 0.4) is 0 Å². The summed E-state index contributed by atoms with van der Waals surface area (Å²) in [5.41, 5.74) is 0.410. The summed E-state index contributed by atoms with van der Waals surface area (Å²) in [6, 6.07) is 10.2. The number of benzene rings is 2. The summed E-state index contributed by atoms with van der Waals surface area (Å²) < 4.78 is 16.7. The molecule has 0 atom stereocenters. The minimum absolute atomic E-state index is 0.0837. The molecule has 9 nitrogen and oxygen atoms in total. The molecular formula is C20H21N3O6S. The molecule has 0 aliphatic heterocycles. The smallest absolute Gasteiger partial charge is 0.286 e. The number of methoxy groups -OCH3 is 2. The van der Waals surface area contributed by atoms with Gasteiger partial charge in [0.05, 0.1) is 41.5 Å². The zero-order chi connectivity index (χ0) is 21.7. The second-order valence-corrected chi connectivity index (χ2v) is 7.47. The molecule has 1 aromatic heterocycles. The van der Waals surface area contributed by atoms with E-state index in [1.54, 1.807) is 7.05 Å². The number of aromatic nitrogens is 1. The topological polar surface area (TPSA) is 104 Å². The molecule has 0 spiro atoms. The maximum absolute atomic E-state index is 13.0. The van der Waals surface area contributed by atoms with Gasteiger partial charge in [-0.15, -0.1) is 11.3 Å². The highest BCUT2D eigenvalue weighted by atomic mass is 32.1. The number of rotatable bonds is 9. The van der Waals surface area contributed by atoms with Crippen molar-refractivity contribution in [1.82, 2.24) is 9.88 Å². The molecule has 158 valence electrons. The molecule has 0 saturated heterocycles. The van der Waals surface area contributed by atoms with Gasteiger partial charge in [-0.25, -0.2) is 4.98 Å². The fraction of sp³-hybridized carbons (Fsp3) is 0.300. The van der Waals surface area contributed by atoms with Crippen molar-refractivity contribution < 1.29 is 23.9 Å². The molecule has 3 rings (SSSR count). The molecule has 1 amide bonds. The van der Waals surface area contributed by atoms with E-state index in [2.05, 4.69) is 4.98 Å². The van der Waals surface area contributed by atoms with Crippen LogP contribution in [-0.4, -0.2) is 55.2 Å². The van der Waals surface area contributed by atoms with Crippen molar-refractivity contribution in [1.29, 1.82) is 0 Å². The first-order valence-corrected chi connectivity index (χ1v) is 9.84. The molecule has 1 heterocycles. The van der Waals surface area contributed by atoms with Gasteiger partial charge in [-0.1, -0.05) is 12.1 Å². The lowest BCUT2D eigenvalue weighted by Crippen LogP contribution is -2.27. The maximum atomic E-state index is 13.0. The van der Waals surface area contributed by atoms with Crippen LogP contribution in [0.5, 0.6) is 11.5 Å². The van der Waals surface area contributed by atoms with Gasteiger partial charge < -0.3 is 19.1 Å². The van der Waals surface area contributed by atoms with Crippen LogP contribution in [-0.2, 0) is 11.3 Å². The Hall–Kier alpha value is -3.24. The molecule has 0 aliphatic rings. The average molecular weight is 431 g/mol. The van der Waals surface area contributed by atoms with E-state index in [0.717, 1.165) is 15.2 Å². The molecule has 0 radical (unpaired) electrons. The third-order valence-corrected chi connectivity index (χ3v) is 5.33. The first kappa shape index (κ1) is 21.5. The molecule has 10 heteroatoms. The number of carbonyl (C=O) groups is 1. The zero-order valence-corrected chi connectivity index (χ0v) is 17.6. The maximum Gasteiger partial charge on any atom is 0.286 e. The highest BCUT2D eigenvalue weighted by Crippen LogP contribution is 2.35. The number of amides is 1. The van der Waals surface area contributed by atoms with E-state index in [0.29, 0.717) is 6.61 Å². The van der Waals surface area contributed by atoms with Gasteiger partial charge in [-0.3, -0.25) is 14.9 Å². The fourth-order valence-electron chi connectivity index (χ4n) is 2.85. The lowest BCUT2D eigenvalue weighted by Gasteiger charge is -2.17. The Labute approximate surface area is 176 Å². The number of fused-ring (bicyclic) bond motifs is 1. The fourth-order valence-corrected chi connectivity index (χ4v) is 3.87. The van der Waals surface area contributed by atoms with E-state index < -0.39 is 10.8 Å². The molecular weight excluding hydrogens is 410 g/mol. The van der Waals surface area contributed by atoms with Crippen molar-refractivity contribution in [2.75, 3.05) is 34.5 Å². The average Bonchev–Trinajstić information content (AvgIpc) is 3.15. The first-order valence-electron chi connectivity index (χ1n) is 9.02. The Balaban J connectivity index is 1.87. The number of carbonyl (C=O) groups excluding carboxylic acids is 1. The van der Waals surface area contributed by atoms with Gasteiger partial charge in [-0.05, 0) is 12.1 Å². The van der Waals surface area contributed by atoms with Crippen LogP contribution >= 0.6 is 11.3 Å². The molecule has 0 saturated carbocycles. The molecule has 3 aromatic rings. The van der Waals surface area contributed by atoms with Crippen LogP contribution < -0.4 is 9.47 Å². The number of nitro benzene ring substituents is 1. The highest BCUT2D eigenvalue weighted by Gasteiger charge is 2.27. The zero-order valence-electron chi connectivity index (χ0n) is 16.8. The van der Waals surface area contributed by atoms with E-state index in [9.17, 15) is 14.9 Å². The number of hydrogen-bond acceptors (Lipinski definition) is 8. The molecule has 30 heavy (non-hydrogen) atoms. The largest absolute Gasteiger partial charge is 0.493 e. The molecule has 0 unspecified atom stereocenters. The second kappa shape index (κ2) is 9.51. The van der Waals surface area contributed by atoms with Crippen LogP contribution in [0.4, 0.5) is 5.69 Å². The highest BCUT2D eigenvalue weighted by molar-refractivity contribution is 7.18. The number of ether oxygens (including phenoxy) is 3. The Kier molecular flexibility index (Phi) is 6.80. The minimum Gasteiger partial charge on any atom is -0.493 e.